The van der Waals surface area contributed by atoms with Crippen molar-refractivity contribution >= 4 is 33.1 Å². The van der Waals surface area contributed by atoms with Crippen molar-refractivity contribution in [3.63, 3.8) is 0 Å². The zero-order valence-electron chi connectivity index (χ0n) is 23.1. The Labute approximate surface area is 222 Å². The number of nitrogens with one attached hydrogen (secondary N) is 1. The van der Waals surface area contributed by atoms with Gasteiger partial charge in [-0.05, 0) is 80.0 Å². The SMILES string of the molecule is Cc1c(-c2[nH]c3sc([C@@H]4C[C@@H]5CCC4CN5CC(=O)N(C)C)c(C)c3c2C(C)C)cn2ncnc2c1C. The lowest BCUT2D eigenvalue weighted by atomic mass is 9.70. The zero-order valence-corrected chi connectivity index (χ0v) is 23.9. The first kappa shape index (κ1) is 24.6. The van der Waals surface area contributed by atoms with Gasteiger partial charge in [0.25, 0.3) is 0 Å². The second kappa shape index (κ2) is 8.95. The number of thiophene rings is 1. The molecule has 196 valence electrons. The minimum Gasteiger partial charge on any atom is -0.348 e. The van der Waals surface area contributed by atoms with Crippen molar-refractivity contribution in [2.45, 2.75) is 71.8 Å². The number of aromatic amines is 1. The van der Waals surface area contributed by atoms with Gasteiger partial charge in [0, 0.05) is 48.7 Å². The fourth-order valence-electron chi connectivity index (χ4n) is 6.89. The molecule has 1 amide bonds. The minimum absolute atomic E-state index is 0.216. The van der Waals surface area contributed by atoms with E-state index in [0.717, 1.165) is 12.2 Å². The summed E-state index contributed by atoms with van der Waals surface area (Å²) in [4.78, 5) is 27.7. The summed E-state index contributed by atoms with van der Waals surface area (Å²) in [7, 11) is 3.72. The molecule has 0 radical (unpaired) electrons. The molecule has 1 aliphatic carbocycles. The summed E-state index contributed by atoms with van der Waals surface area (Å²) in [6.07, 6.45) is 7.42. The topological polar surface area (TPSA) is 69.5 Å². The highest BCUT2D eigenvalue weighted by Gasteiger charge is 2.43. The van der Waals surface area contributed by atoms with Crippen molar-refractivity contribution < 1.29 is 4.79 Å². The van der Waals surface area contributed by atoms with E-state index in [-0.39, 0.29) is 5.91 Å². The fourth-order valence-corrected chi connectivity index (χ4v) is 8.32. The second-order valence-corrected chi connectivity index (χ2v) is 12.8. The summed E-state index contributed by atoms with van der Waals surface area (Å²) in [5.41, 5.74) is 8.66. The molecule has 2 bridgehead atoms. The van der Waals surface area contributed by atoms with Crippen LogP contribution in [-0.4, -0.2) is 68.5 Å². The number of hydrogen-bond donors (Lipinski definition) is 1. The molecule has 2 aliphatic heterocycles. The molecule has 0 spiro atoms. The third-order valence-electron chi connectivity index (χ3n) is 9.06. The van der Waals surface area contributed by atoms with Gasteiger partial charge in [-0.2, -0.15) is 5.10 Å². The molecule has 4 aromatic rings. The van der Waals surface area contributed by atoms with E-state index in [4.69, 9.17) is 0 Å². The molecule has 8 heteroatoms. The third-order valence-corrected chi connectivity index (χ3v) is 10.4. The van der Waals surface area contributed by atoms with Gasteiger partial charge in [0.2, 0.25) is 5.91 Å². The van der Waals surface area contributed by atoms with Gasteiger partial charge in [0.1, 0.15) is 11.2 Å². The number of carbonyl (C=O) groups excluding carboxylic acids is 1. The van der Waals surface area contributed by atoms with Gasteiger partial charge in [-0.1, -0.05) is 13.8 Å². The number of fused-ring (bicyclic) bond motifs is 5. The van der Waals surface area contributed by atoms with Crippen LogP contribution in [0.4, 0.5) is 0 Å². The summed E-state index contributed by atoms with van der Waals surface area (Å²) >= 11 is 1.97. The van der Waals surface area contributed by atoms with Gasteiger partial charge in [0.05, 0.1) is 12.2 Å². The first-order chi connectivity index (χ1) is 17.7. The molecule has 3 atom stereocenters. The number of hydrogen-bond acceptors (Lipinski definition) is 5. The third kappa shape index (κ3) is 3.83. The zero-order chi connectivity index (χ0) is 26.2. The van der Waals surface area contributed by atoms with Crippen LogP contribution >= 0.6 is 11.3 Å². The van der Waals surface area contributed by atoms with Crippen LogP contribution in [0.25, 0.3) is 27.1 Å². The van der Waals surface area contributed by atoms with Crippen molar-refractivity contribution in [1.82, 2.24) is 29.4 Å². The first-order valence-corrected chi connectivity index (χ1v) is 14.4. The lowest BCUT2D eigenvalue weighted by Gasteiger charge is -2.49. The standard InChI is InChI=1S/C29H38N6OS/c1-15(2)24-25-18(5)27(21-10-20-9-8-19(21)11-34(20)13-23(36)33(6)7)37-29(25)32-26(24)22-12-35-28(30-14-31-35)17(4)16(22)3/h12,14-15,19-21,32H,8-11,13H2,1-7H3/t19?,20-,21+/m0/s1. The molecule has 0 aromatic carbocycles. The van der Waals surface area contributed by atoms with Crippen LogP contribution in [-0.2, 0) is 4.79 Å². The predicted octanol–water partition coefficient (Wildman–Crippen LogP) is 5.64. The number of aromatic nitrogens is 4. The van der Waals surface area contributed by atoms with E-state index in [9.17, 15) is 4.79 Å². The molecule has 1 saturated carbocycles. The average molecular weight is 519 g/mol. The summed E-state index contributed by atoms with van der Waals surface area (Å²) in [5.74, 6) is 1.83. The van der Waals surface area contributed by atoms with Crippen LogP contribution in [0.15, 0.2) is 12.5 Å². The molecule has 1 N–H and O–H groups in total. The lowest BCUT2D eigenvalue weighted by Crippen LogP contribution is -2.53. The van der Waals surface area contributed by atoms with Gasteiger partial charge < -0.3 is 9.88 Å². The van der Waals surface area contributed by atoms with Crippen molar-refractivity contribution in [2.75, 3.05) is 27.2 Å². The Morgan fingerprint density at radius 3 is 2.65 bits per heavy atom. The fraction of sp³-hybridized carbons (Fsp3) is 0.552. The van der Waals surface area contributed by atoms with Crippen LogP contribution in [0, 0.1) is 26.7 Å². The number of carbonyl (C=O) groups is 1. The van der Waals surface area contributed by atoms with Gasteiger partial charge in [-0.15, -0.1) is 11.3 Å². The number of piperidine rings is 2. The number of amides is 1. The number of H-pyrrole nitrogens is 1. The predicted molar refractivity (Wildman–Crippen MR) is 151 cm³/mol. The van der Waals surface area contributed by atoms with Crippen molar-refractivity contribution in [3.05, 3.63) is 39.7 Å². The quantitative estimate of drug-likeness (QED) is 0.371. The molecule has 7 rings (SSSR count). The molecule has 2 saturated heterocycles. The lowest BCUT2D eigenvalue weighted by molar-refractivity contribution is -0.132. The number of aryl methyl sites for hydroxylation is 2. The van der Waals surface area contributed by atoms with Gasteiger partial charge in [0.15, 0.2) is 5.65 Å². The second-order valence-electron chi connectivity index (χ2n) is 11.7. The Kier molecular flexibility index (Phi) is 5.95. The number of nitrogens with zero attached hydrogens (tertiary/aromatic N) is 5. The Hall–Kier alpha value is -2.71. The highest BCUT2D eigenvalue weighted by Crippen LogP contribution is 2.51. The minimum atomic E-state index is 0.216. The Morgan fingerprint density at radius 2 is 1.97 bits per heavy atom. The summed E-state index contributed by atoms with van der Waals surface area (Å²) < 4.78 is 1.90. The normalized spacial score (nSPS) is 22.1. The molecular formula is C29H38N6OS. The molecule has 37 heavy (non-hydrogen) atoms. The number of likely N-dealkylation sites (N-methyl/N-ethyl adjacent to an activating group) is 1. The van der Waals surface area contributed by atoms with Crippen LogP contribution < -0.4 is 0 Å². The summed E-state index contributed by atoms with van der Waals surface area (Å²) in [5, 5.41) is 5.86. The Balaban J connectivity index is 1.39. The van der Waals surface area contributed by atoms with E-state index >= 15 is 0 Å². The highest BCUT2D eigenvalue weighted by atomic mass is 32.1. The average Bonchev–Trinajstić information content (AvgIpc) is 3.56. The molecule has 6 heterocycles. The van der Waals surface area contributed by atoms with Crippen LogP contribution in [0.5, 0.6) is 0 Å². The van der Waals surface area contributed by atoms with E-state index < -0.39 is 0 Å². The van der Waals surface area contributed by atoms with Gasteiger partial charge >= 0.3 is 0 Å². The number of pyridine rings is 1. The van der Waals surface area contributed by atoms with Crippen LogP contribution in [0.3, 0.4) is 0 Å². The largest absolute Gasteiger partial charge is 0.348 e. The van der Waals surface area contributed by atoms with Gasteiger partial charge in [-0.3, -0.25) is 9.69 Å². The van der Waals surface area contributed by atoms with E-state index in [1.807, 2.05) is 29.9 Å². The van der Waals surface area contributed by atoms with Crippen molar-refractivity contribution in [1.29, 1.82) is 0 Å². The highest BCUT2D eigenvalue weighted by molar-refractivity contribution is 7.19. The van der Waals surface area contributed by atoms with E-state index in [1.54, 1.807) is 16.1 Å². The van der Waals surface area contributed by atoms with Gasteiger partial charge in [-0.25, -0.2) is 9.50 Å². The first-order valence-electron chi connectivity index (χ1n) is 13.5. The van der Waals surface area contributed by atoms with E-state index in [1.165, 1.54) is 63.0 Å². The molecule has 3 aliphatic rings. The molecule has 7 nitrogen and oxygen atoms in total. The Bertz CT molecular complexity index is 1510. The molecular weight excluding hydrogens is 480 g/mol. The van der Waals surface area contributed by atoms with Crippen molar-refractivity contribution in [3.8, 4) is 11.3 Å². The monoisotopic (exact) mass is 518 g/mol. The maximum absolute atomic E-state index is 12.4. The smallest absolute Gasteiger partial charge is 0.236 e. The van der Waals surface area contributed by atoms with E-state index in [0.29, 0.717) is 30.3 Å². The summed E-state index contributed by atoms with van der Waals surface area (Å²) in [6, 6.07) is 0.513. The van der Waals surface area contributed by atoms with Crippen LogP contribution in [0.2, 0.25) is 0 Å². The van der Waals surface area contributed by atoms with E-state index in [2.05, 4.69) is 60.8 Å². The Morgan fingerprint density at radius 1 is 1.19 bits per heavy atom. The molecule has 3 fully saturated rings. The summed E-state index contributed by atoms with van der Waals surface area (Å²) in [6.45, 7) is 12.9. The maximum atomic E-state index is 12.4. The van der Waals surface area contributed by atoms with Crippen molar-refractivity contribution in [2.24, 2.45) is 5.92 Å². The molecule has 4 aromatic heterocycles. The number of rotatable bonds is 5. The molecule has 1 unspecified atom stereocenters. The maximum Gasteiger partial charge on any atom is 0.236 e. The van der Waals surface area contributed by atoms with Crippen LogP contribution in [0.1, 0.15) is 72.1 Å².